The lowest BCUT2D eigenvalue weighted by Gasteiger charge is -2.37. The van der Waals surface area contributed by atoms with Crippen molar-refractivity contribution < 1.29 is 9.00 Å². The standard InChI is InChI=1S/C16H23N3O2S/c1-16(2)11-19(9-10-22(16)21)15(20)17-13-5-4-6-14-12(13)7-8-18(14)3/h4-6H,7-11H2,1-3H3,(H,17,20)/t22-/m0/s1. The van der Waals surface area contributed by atoms with Crippen LogP contribution in [0.2, 0.25) is 0 Å². The van der Waals surface area contributed by atoms with E-state index in [2.05, 4.69) is 23.3 Å². The third kappa shape index (κ3) is 2.72. The Morgan fingerprint density at radius 1 is 1.32 bits per heavy atom. The first-order valence-electron chi connectivity index (χ1n) is 7.66. The van der Waals surface area contributed by atoms with Gasteiger partial charge in [-0.15, -0.1) is 0 Å². The van der Waals surface area contributed by atoms with E-state index in [1.807, 2.05) is 26.0 Å². The summed E-state index contributed by atoms with van der Waals surface area (Å²) in [7, 11) is 1.20. The molecule has 1 fully saturated rings. The highest BCUT2D eigenvalue weighted by Gasteiger charge is 2.35. The zero-order valence-corrected chi connectivity index (χ0v) is 14.2. The zero-order valence-electron chi connectivity index (χ0n) is 13.4. The summed E-state index contributed by atoms with van der Waals surface area (Å²) in [6.45, 7) is 5.98. The smallest absolute Gasteiger partial charge is 0.321 e. The molecule has 2 aliphatic rings. The summed E-state index contributed by atoms with van der Waals surface area (Å²) < 4.78 is 11.6. The van der Waals surface area contributed by atoms with Crippen LogP contribution in [0.15, 0.2) is 18.2 Å². The molecular formula is C16H23N3O2S. The van der Waals surface area contributed by atoms with E-state index < -0.39 is 10.8 Å². The summed E-state index contributed by atoms with van der Waals surface area (Å²) in [5.41, 5.74) is 3.30. The van der Waals surface area contributed by atoms with E-state index in [1.54, 1.807) is 4.90 Å². The average molecular weight is 321 g/mol. The molecule has 0 aliphatic carbocycles. The maximum atomic E-state index is 12.5. The predicted octanol–water partition coefficient (Wildman–Crippen LogP) is 2.05. The Hall–Kier alpha value is -1.56. The van der Waals surface area contributed by atoms with E-state index in [0.717, 1.165) is 18.7 Å². The van der Waals surface area contributed by atoms with Gasteiger partial charge >= 0.3 is 6.03 Å². The van der Waals surface area contributed by atoms with E-state index in [1.165, 1.54) is 11.3 Å². The lowest BCUT2D eigenvalue weighted by molar-refractivity contribution is 0.207. The minimum Gasteiger partial charge on any atom is -0.374 e. The van der Waals surface area contributed by atoms with Gasteiger partial charge in [-0.25, -0.2) is 4.79 Å². The average Bonchev–Trinajstić information content (AvgIpc) is 2.85. The Balaban J connectivity index is 1.75. The molecule has 0 spiro atoms. The molecule has 1 atom stereocenters. The van der Waals surface area contributed by atoms with Crippen LogP contribution in [0, 0.1) is 0 Å². The zero-order chi connectivity index (χ0) is 15.9. The first-order valence-corrected chi connectivity index (χ1v) is 8.98. The highest BCUT2D eigenvalue weighted by molar-refractivity contribution is 7.86. The number of nitrogens with zero attached hydrogens (tertiary/aromatic N) is 2. The Labute approximate surface area is 134 Å². The number of carbonyl (C=O) groups excluding carboxylic acids is 1. The Morgan fingerprint density at radius 3 is 2.82 bits per heavy atom. The van der Waals surface area contributed by atoms with Gasteiger partial charge in [0.05, 0.1) is 4.75 Å². The number of anilines is 2. The number of urea groups is 1. The van der Waals surface area contributed by atoms with Crippen LogP contribution in [0.3, 0.4) is 0 Å². The fourth-order valence-corrected chi connectivity index (χ4v) is 4.40. The third-order valence-electron chi connectivity index (χ3n) is 4.52. The number of benzene rings is 1. The van der Waals surface area contributed by atoms with Crippen molar-refractivity contribution in [3.63, 3.8) is 0 Å². The molecule has 3 rings (SSSR count). The summed E-state index contributed by atoms with van der Waals surface area (Å²) in [6, 6.07) is 5.94. The van der Waals surface area contributed by atoms with Gasteiger partial charge in [0.2, 0.25) is 0 Å². The molecule has 1 saturated heterocycles. The van der Waals surface area contributed by atoms with Crippen molar-refractivity contribution in [3.05, 3.63) is 23.8 Å². The Morgan fingerprint density at radius 2 is 2.09 bits per heavy atom. The van der Waals surface area contributed by atoms with Gasteiger partial charge in [0.1, 0.15) is 0 Å². The summed E-state index contributed by atoms with van der Waals surface area (Å²) in [5.74, 6) is 0.552. The molecular weight excluding hydrogens is 298 g/mol. The van der Waals surface area contributed by atoms with Crippen molar-refractivity contribution in [1.82, 2.24) is 4.90 Å². The maximum absolute atomic E-state index is 12.5. The van der Waals surface area contributed by atoms with Gasteiger partial charge in [0.25, 0.3) is 0 Å². The van der Waals surface area contributed by atoms with Crippen LogP contribution in [0.4, 0.5) is 16.2 Å². The number of rotatable bonds is 1. The SMILES string of the molecule is CN1CCc2c(NC(=O)N3CC[S@](=O)C(C)(C)C3)cccc21. The van der Waals surface area contributed by atoms with E-state index >= 15 is 0 Å². The molecule has 120 valence electrons. The lowest BCUT2D eigenvalue weighted by atomic mass is 10.1. The predicted molar refractivity (Wildman–Crippen MR) is 91.1 cm³/mol. The van der Waals surface area contributed by atoms with Crippen LogP contribution in [0.5, 0.6) is 0 Å². The van der Waals surface area contributed by atoms with Gasteiger partial charge in [0.15, 0.2) is 0 Å². The molecule has 0 aromatic heterocycles. The highest BCUT2D eigenvalue weighted by Crippen LogP contribution is 2.32. The van der Waals surface area contributed by atoms with Crippen molar-refractivity contribution in [2.45, 2.75) is 25.0 Å². The molecule has 2 amide bonds. The normalized spacial score (nSPS) is 23.3. The van der Waals surface area contributed by atoms with Gasteiger partial charge in [0, 0.05) is 60.2 Å². The molecule has 2 heterocycles. The summed E-state index contributed by atoms with van der Waals surface area (Å²) in [5, 5.41) is 3.05. The number of amides is 2. The maximum Gasteiger partial charge on any atom is 0.321 e. The summed E-state index contributed by atoms with van der Waals surface area (Å²) in [6.07, 6.45) is 0.956. The van der Waals surface area contributed by atoms with Gasteiger partial charge in [-0.2, -0.15) is 0 Å². The van der Waals surface area contributed by atoms with Crippen LogP contribution in [-0.2, 0) is 17.2 Å². The topological polar surface area (TPSA) is 52.7 Å². The van der Waals surface area contributed by atoms with E-state index in [-0.39, 0.29) is 10.8 Å². The van der Waals surface area contributed by atoms with E-state index in [0.29, 0.717) is 18.8 Å². The monoisotopic (exact) mass is 321 g/mol. The van der Waals surface area contributed by atoms with Crippen LogP contribution in [0.1, 0.15) is 19.4 Å². The molecule has 0 unspecified atom stereocenters. The number of carbonyl (C=O) groups is 1. The van der Waals surface area contributed by atoms with Crippen LogP contribution in [-0.4, -0.2) is 52.3 Å². The molecule has 2 aliphatic heterocycles. The largest absolute Gasteiger partial charge is 0.374 e. The first-order chi connectivity index (χ1) is 10.4. The molecule has 0 radical (unpaired) electrons. The fraction of sp³-hybridized carbons (Fsp3) is 0.562. The van der Waals surface area contributed by atoms with Crippen molar-refractivity contribution in [3.8, 4) is 0 Å². The van der Waals surface area contributed by atoms with E-state index in [9.17, 15) is 9.00 Å². The lowest BCUT2D eigenvalue weighted by Crippen LogP contribution is -2.53. The number of nitrogens with one attached hydrogen (secondary N) is 1. The molecule has 0 saturated carbocycles. The van der Waals surface area contributed by atoms with Gasteiger partial charge in [-0.05, 0) is 32.4 Å². The molecule has 1 aromatic rings. The van der Waals surface area contributed by atoms with E-state index in [4.69, 9.17) is 0 Å². The van der Waals surface area contributed by atoms with Crippen LogP contribution >= 0.6 is 0 Å². The van der Waals surface area contributed by atoms with Crippen molar-refractivity contribution in [2.75, 3.05) is 42.7 Å². The van der Waals surface area contributed by atoms with Crippen molar-refractivity contribution in [1.29, 1.82) is 0 Å². The second-order valence-electron chi connectivity index (χ2n) is 6.64. The molecule has 1 N–H and O–H groups in total. The highest BCUT2D eigenvalue weighted by atomic mass is 32.2. The Kier molecular flexibility index (Phi) is 3.89. The minimum absolute atomic E-state index is 0.0901. The molecule has 22 heavy (non-hydrogen) atoms. The first kappa shape index (κ1) is 15.3. The van der Waals surface area contributed by atoms with Crippen molar-refractivity contribution in [2.24, 2.45) is 0 Å². The van der Waals surface area contributed by atoms with Crippen molar-refractivity contribution >= 4 is 28.2 Å². The number of hydrogen-bond donors (Lipinski definition) is 1. The third-order valence-corrected chi connectivity index (χ3v) is 6.44. The Bertz CT molecular complexity index is 630. The fourth-order valence-electron chi connectivity index (χ4n) is 3.16. The summed E-state index contributed by atoms with van der Waals surface area (Å²) >= 11 is 0. The van der Waals surface area contributed by atoms with Crippen LogP contribution in [0.25, 0.3) is 0 Å². The van der Waals surface area contributed by atoms with Crippen LogP contribution < -0.4 is 10.2 Å². The number of fused-ring (bicyclic) bond motifs is 1. The number of hydrogen-bond acceptors (Lipinski definition) is 3. The number of likely N-dealkylation sites (N-methyl/N-ethyl adjacent to an activating group) is 1. The minimum atomic E-state index is -0.867. The molecule has 0 bridgehead atoms. The van der Waals surface area contributed by atoms with Gasteiger partial charge in [-0.1, -0.05) is 6.07 Å². The second-order valence-corrected chi connectivity index (χ2v) is 8.84. The quantitative estimate of drug-likeness (QED) is 0.861. The molecule has 1 aromatic carbocycles. The molecule has 6 heteroatoms. The van der Waals surface area contributed by atoms with Gasteiger partial charge in [-0.3, -0.25) is 4.21 Å². The van der Waals surface area contributed by atoms with Gasteiger partial charge < -0.3 is 15.1 Å². The summed E-state index contributed by atoms with van der Waals surface area (Å²) in [4.78, 5) is 16.5. The second kappa shape index (κ2) is 5.57. The molecule has 5 nitrogen and oxygen atoms in total.